The number of nitrogens with two attached hydrogens (primary N) is 4. The van der Waals surface area contributed by atoms with Crippen LogP contribution in [-0.4, -0.2) is 120 Å². The zero-order chi connectivity index (χ0) is 41.4. The predicted octanol–water partition coefficient (Wildman–Crippen LogP) is -3.73. The van der Waals surface area contributed by atoms with E-state index in [1.54, 1.807) is 27.7 Å². The fourth-order valence-corrected chi connectivity index (χ4v) is 5.09. The average molecular weight is 771 g/mol. The molecule has 0 unspecified atom stereocenters. The van der Waals surface area contributed by atoms with E-state index in [2.05, 4.69) is 42.2 Å². The molecule has 0 aromatic carbocycles. The van der Waals surface area contributed by atoms with Crippen LogP contribution in [0.5, 0.6) is 0 Å². The van der Waals surface area contributed by atoms with Crippen molar-refractivity contribution in [2.75, 3.05) is 19.6 Å². The standard InChI is InChI=1S/C33H62N12O9/c1-18(13-26(47)41-20(3)15-28(49)45-24(32(53)54)9-6-7-11-34)39-25(46)14-19(2)40-27(48)16-21(4)42-30(51)22(5)43-31(52)23(44-29(50)17-35)10-8-12-38-33(36)37/h18-24H,6-17,34-35H2,1-5H3,(H,39,46)(H,40,48)(H,41,47)(H,42,51)(H,43,52)(H,44,50)(H,45,49)(H,53,54)(H4,36,37,38)/t18-,19+,20-,21+,22-,23-,24-/m0/s1. The molecule has 0 rings (SSSR count). The molecule has 7 amide bonds. The normalized spacial score (nSPS) is 14.6. The maximum absolute atomic E-state index is 12.8. The van der Waals surface area contributed by atoms with Crippen molar-refractivity contribution < 1.29 is 43.5 Å². The van der Waals surface area contributed by atoms with Crippen LogP contribution >= 0.6 is 0 Å². The molecule has 0 fully saturated rings. The third kappa shape index (κ3) is 23.5. The average Bonchev–Trinajstić information content (AvgIpc) is 3.04. The number of carbonyl (C=O) groups excluding carboxylic acids is 7. The summed E-state index contributed by atoms with van der Waals surface area (Å²) < 4.78 is 0. The minimum Gasteiger partial charge on any atom is -0.480 e. The number of hydrogen-bond acceptors (Lipinski definition) is 11. The molecule has 21 heteroatoms. The van der Waals surface area contributed by atoms with Gasteiger partial charge in [-0.1, -0.05) is 0 Å². The highest BCUT2D eigenvalue weighted by molar-refractivity contribution is 5.92. The van der Waals surface area contributed by atoms with Gasteiger partial charge in [0, 0.05) is 56.4 Å². The Bertz CT molecular complexity index is 1300. The highest BCUT2D eigenvalue weighted by Crippen LogP contribution is 2.04. The highest BCUT2D eigenvalue weighted by Gasteiger charge is 2.26. The lowest BCUT2D eigenvalue weighted by atomic mass is 10.1. The summed E-state index contributed by atoms with van der Waals surface area (Å²) in [5.74, 6) is -4.83. The number of carbonyl (C=O) groups is 8. The number of aliphatic imine (C=N–C) groups is 1. The van der Waals surface area contributed by atoms with Gasteiger partial charge in [0.05, 0.1) is 6.54 Å². The van der Waals surface area contributed by atoms with E-state index in [9.17, 15) is 43.5 Å². The third-order valence-corrected chi connectivity index (χ3v) is 7.69. The van der Waals surface area contributed by atoms with Gasteiger partial charge in [-0.2, -0.15) is 0 Å². The number of carboxylic acid groups (broad SMARTS) is 1. The number of nitrogens with zero attached hydrogens (tertiary/aromatic N) is 1. The Hall–Kier alpha value is -5.05. The fraction of sp³-hybridized carbons (Fsp3) is 0.727. The first-order valence-electron chi connectivity index (χ1n) is 18.0. The Balaban J connectivity index is 4.69. The van der Waals surface area contributed by atoms with Crippen LogP contribution in [-0.2, 0) is 38.4 Å². The zero-order valence-corrected chi connectivity index (χ0v) is 32.0. The van der Waals surface area contributed by atoms with Crippen LogP contribution in [0.3, 0.4) is 0 Å². The molecular weight excluding hydrogens is 708 g/mol. The topological polar surface area (TPSA) is 357 Å². The van der Waals surface area contributed by atoms with Crippen LogP contribution in [0.25, 0.3) is 0 Å². The lowest BCUT2D eigenvalue weighted by Crippen LogP contribution is -2.54. The number of unbranched alkanes of at least 4 members (excludes halogenated alkanes) is 1. The third-order valence-electron chi connectivity index (χ3n) is 7.69. The van der Waals surface area contributed by atoms with Gasteiger partial charge in [-0.25, -0.2) is 4.79 Å². The molecular formula is C33H62N12O9. The van der Waals surface area contributed by atoms with Crippen LogP contribution in [0.4, 0.5) is 0 Å². The molecule has 0 aliphatic heterocycles. The molecule has 54 heavy (non-hydrogen) atoms. The monoisotopic (exact) mass is 770 g/mol. The first-order chi connectivity index (χ1) is 25.3. The van der Waals surface area contributed by atoms with Crippen molar-refractivity contribution in [3.63, 3.8) is 0 Å². The van der Waals surface area contributed by atoms with Gasteiger partial charge in [-0.3, -0.25) is 38.6 Å². The van der Waals surface area contributed by atoms with Gasteiger partial charge in [0.15, 0.2) is 5.96 Å². The molecule has 0 saturated heterocycles. The van der Waals surface area contributed by atoms with Crippen LogP contribution in [0.2, 0.25) is 0 Å². The molecule has 21 nitrogen and oxygen atoms in total. The Labute approximate surface area is 316 Å². The quantitative estimate of drug-likeness (QED) is 0.0217. The molecule has 0 aromatic rings. The summed E-state index contributed by atoms with van der Waals surface area (Å²) in [6.07, 6.45) is 1.52. The summed E-state index contributed by atoms with van der Waals surface area (Å²) in [7, 11) is 0. The summed E-state index contributed by atoms with van der Waals surface area (Å²) in [6, 6.07) is -5.44. The van der Waals surface area contributed by atoms with E-state index in [0.717, 1.165) is 0 Å². The molecule has 16 N–H and O–H groups in total. The Morgan fingerprint density at radius 1 is 0.537 bits per heavy atom. The van der Waals surface area contributed by atoms with E-state index < -0.39 is 89.6 Å². The molecule has 0 bridgehead atoms. The second-order valence-electron chi connectivity index (χ2n) is 13.4. The minimum atomic E-state index is -1.15. The van der Waals surface area contributed by atoms with Gasteiger partial charge in [0.25, 0.3) is 0 Å². The van der Waals surface area contributed by atoms with Crippen LogP contribution in [0.1, 0.15) is 92.4 Å². The van der Waals surface area contributed by atoms with Gasteiger partial charge in [-0.05, 0) is 73.3 Å². The molecule has 308 valence electrons. The van der Waals surface area contributed by atoms with Crippen LogP contribution < -0.4 is 60.2 Å². The first kappa shape index (κ1) is 49.0. The van der Waals surface area contributed by atoms with Crippen LogP contribution in [0, 0.1) is 0 Å². The molecule has 0 aromatic heterocycles. The molecule has 0 heterocycles. The maximum atomic E-state index is 12.8. The number of carboxylic acids is 1. The molecule has 0 spiro atoms. The van der Waals surface area contributed by atoms with E-state index >= 15 is 0 Å². The predicted molar refractivity (Wildman–Crippen MR) is 200 cm³/mol. The number of amides is 7. The Morgan fingerprint density at radius 3 is 1.39 bits per heavy atom. The Morgan fingerprint density at radius 2 is 0.963 bits per heavy atom. The summed E-state index contributed by atoms with van der Waals surface area (Å²) in [5, 5.41) is 27.5. The van der Waals surface area contributed by atoms with E-state index in [1.807, 2.05) is 0 Å². The van der Waals surface area contributed by atoms with Gasteiger partial charge in [0.1, 0.15) is 18.1 Å². The van der Waals surface area contributed by atoms with Gasteiger partial charge in [0.2, 0.25) is 41.4 Å². The number of aliphatic carboxylic acids is 1. The number of guanidine groups is 1. The highest BCUT2D eigenvalue weighted by atomic mass is 16.4. The maximum Gasteiger partial charge on any atom is 0.326 e. The summed E-state index contributed by atoms with van der Waals surface area (Å²) in [5.41, 5.74) is 21.4. The summed E-state index contributed by atoms with van der Waals surface area (Å²) >= 11 is 0. The van der Waals surface area contributed by atoms with E-state index in [0.29, 0.717) is 25.8 Å². The van der Waals surface area contributed by atoms with Crippen molar-refractivity contribution in [1.82, 2.24) is 37.2 Å². The van der Waals surface area contributed by atoms with Crippen molar-refractivity contribution in [2.45, 2.75) is 135 Å². The SMILES string of the molecule is C[C@H](CC(=O)N[C@@H](C)CC(=O)N[C@@H](C)CC(=O)N[C@@H](CCCCN)C(=O)O)NC(=O)C[C@@H](C)NC(=O)[C@H](C)NC(=O)[C@H](CCCN=C(N)N)NC(=O)CN. The number of nitrogens with one attached hydrogen (secondary N) is 7. The van der Waals surface area contributed by atoms with Gasteiger partial charge < -0.3 is 65.3 Å². The van der Waals surface area contributed by atoms with E-state index in [-0.39, 0.29) is 57.6 Å². The van der Waals surface area contributed by atoms with Crippen LogP contribution in [0.15, 0.2) is 4.99 Å². The van der Waals surface area contributed by atoms with Crippen molar-refractivity contribution in [3.8, 4) is 0 Å². The second-order valence-corrected chi connectivity index (χ2v) is 13.4. The van der Waals surface area contributed by atoms with E-state index in [4.69, 9.17) is 22.9 Å². The number of hydrogen-bond donors (Lipinski definition) is 12. The Kier molecular flexibility index (Phi) is 24.2. The summed E-state index contributed by atoms with van der Waals surface area (Å²) in [4.78, 5) is 103. The fourth-order valence-electron chi connectivity index (χ4n) is 5.09. The minimum absolute atomic E-state index is 0.0895. The lowest BCUT2D eigenvalue weighted by Gasteiger charge is -2.22. The largest absolute Gasteiger partial charge is 0.480 e. The van der Waals surface area contributed by atoms with Crippen molar-refractivity contribution in [3.05, 3.63) is 0 Å². The molecule has 0 radical (unpaired) electrons. The summed E-state index contributed by atoms with van der Waals surface area (Å²) in [6.45, 7) is 8.18. The molecule has 7 atom stereocenters. The van der Waals surface area contributed by atoms with Crippen molar-refractivity contribution >= 4 is 53.3 Å². The van der Waals surface area contributed by atoms with Crippen molar-refractivity contribution in [2.24, 2.45) is 27.9 Å². The zero-order valence-electron chi connectivity index (χ0n) is 32.0. The number of rotatable bonds is 27. The lowest BCUT2D eigenvalue weighted by molar-refractivity contribution is -0.142. The van der Waals surface area contributed by atoms with Crippen molar-refractivity contribution in [1.29, 1.82) is 0 Å². The first-order valence-corrected chi connectivity index (χ1v) is 18.0. The van der Waals surface area contributed by atoms with Gasteiger partial charge in [-0.15, -0.1) is 0 Å². The molecule has 0 saturated carbocycles. The van der Waals surface area contributed by atoms with Gasteiger partial charge >= 0.3 is 5.97 Å². The molecule has 0 aliphatic carbocycles. The molecule has 0 aliphatic rings. The second kappa shape index (κ2) is 26.7. The smallest absolute Gasteiger partial charge is 0.326 e. The van der Waals surface area contributed by atoms with E-state index in [1.165, 1.54) is 6.92 Å².